The Morgan fingerprint density at radius 2 is 1.86 bits per heavy atom. The molecule has 1 atom stereocenters. The standard InChI is InChI=1S/C15H19BrCl3NO2/c1-2-3-4-5-6-13(21)20-14(15(17,18)19)22-12-9-7-11(16)8-10-12/h7-10,14H,2-6H2,1H3,(H,20,21)/t14-/m1/s1. The van der Waals surface area contributed by atoms with E-state index in [0.717, 1.165) is 30.2 Å². The molecule has 0 aromatic heterocycles. The maximum absolute atomic E-state index is 11.9. The Labute approximate surface area is 154 Å². The molecule has 1 rings (SSSR count). The number of rotatable bonds is 8. The highest BCUT2D eigenvalue weighted by molar-refractivity contribution is 9.10. The minimum atomic E-state index is -1.76. The van der Waals surface area contributed by atoms with Gasteiger partial charge in [-0.25, -0.2) is 0 Å². The third-order valence-electron chi connectivity index (χ3n) is 2.91. The van der Waals surface area contributed by atoms with Gasteiger partial charge in [-0.15, -0.1) is 0 Å². The SMILES string of the molecule is CCCCCCC(=O)N[C@H](Oc1ccc(Br)cc1)C(Cl)(Cl)Cl. The molecule has 0 saturated heterocycles. The third-order valence-corrected chi connectivity index (χ3v) is 4.04. The molecule has 0 aliphatic heterocycles. The summed E-state index contributed by atoms with van der Waals surface area (Å²) >= 11 is 21.0. The molecule has 0 spiro atoms. The highest BCUT2D eigenvalue weighted by Gasteiger charge is 2.36. The average molecular weight is 432 g/mol. The fourth-order valence-corrected chi connectivity index (χ4v) is 2.32. The molecule has 124 valence electrons. The van der Waals surface area contributed by atoms with Gasteiger partial charge < -0.3 is 10.1 Å². The number of benzene rings is 1. The van der Waals surface area contributed by atoms with Crippen molar-refractivity contribution in [3.8, 4) is 5.75 Å². The summed E-state index contributed by atoms with van der Waals surface area (Å²) in [4.78, 5) is 11.9. The molecular weight excluding hydrogens is 412 g/mol. The highest BCUT2D eigenvalue weighted by Crippen LogP contribution is 2.32. The zero-order chi connectivity index (χ0) is 16.6. The Bertz CT molecular complexity index is 463. The molecule has 1 amide bonds. The van der Waals surface area contributed by atoms with E-state index < -0.39 is 10.0 Å². The van der Waals surface area contributed by atoms with E-state index in [-0.39, 0.29) is 5.91 Å². The van der Waals surface area contributed by atoms with Crippen LogP contribution in [0.1, 0.15) is 39.0 Å². The van der Waals surface area contributed by atoms with Crippen LogP contribution in [0.4, 0.5) is 0 Å². The number of carbonyl (C=O) groups is 1. The lowest BCUT2D eigenvalue weighted by Gasteiger charge is -2.26. The van der Waals surface area contributed by atoms with E-state index in [0.29, 0.717) is 12.2 Å². The van der Waals surface area contributed by atoms with Crippen LogP contribution in [0, 0.1) is 0 Å². The molecule has 0 unspecified atom stereocenters. The van der Waals surface area contributed by atoms with Crippen molar-refractivity contribution in [1.82, 2.24) is 5.32 Å². The summed E-state index contributed by atoms with van der Waals surface area (Å²) in [6, 6.07) is 7.05. The minimum absolute atomic E-state index is 0.190. The molecule has 0 fully saturated rings. The molecular formula is C15H19BrCl3NO2. The van der Waals surface area contributed by atoms with Gasteiger partial charge in [0.2, 0.25) is 15.9 Å². The van der Waals surface area contributed by atoms with Crippen LogP contribution in [0.25, 0.3) is 0 Å². The molecule has 0 bridgehead atoms. The lowest BCUT2D eigenvalue weighted by Crippen LogP contribution is -2.47. The summed E-state index contributed by atoms with van der Waals surface area (Å²) < 4.78 is 4.73. The fraction of sp³-hybridized carbons (Fsp3) is 0.533. The molecule has 0 aliphatic rings. The van der Waals surface area contributed by atoms with Crippen LogP contribution in [0.3, 0.4) is 0 Å². The van der Waals surface area contributed by atoms with Crippen molar-refractivity contribution < 1.29 is 9.53 Å². The molecule has 1 aromatic rings. The molecule has 1 aromatic carbocycles. The van der Waals surface area contributed by atoms with Crippen LogP contribution in [0.5, 0.6) is 5.75 Å². The number of halogens is 4. The van der Waals surface area contributed by atoms with Gasteiger partial charge >= 0.3 is 0 Å². The van der Waals surface area contributed by atoms with Crippen LogP contribution >= 0.6 is 50.7 Å². The predicted molar refractivity (Wildman–Crippen MR) is 95.7 cm³/mol. The van der Waals surface area contributed by atoms with Crippen molar-refractivity contribution in [2.24, 2.45) is 0 Å². The number of ether oxygens (including phenoxy) is 1. The summed E-state index contributed by atoms with van der Waals surface area (Å²) in [6.45, 7) is 2.12. The van der Waals surface area contributed by atoms with Gasteiger partial charge in [-0.3, -0.25) is 4.79 Å². The molecule has 7 heteroatoms. The quantitative estimate of drug-likeness (QED) is 0.330. The number of hydrogen-bond acceptors (Lipinski definition) is 2. The van der Waals surface area contributed by atoms with Gasteiger partial charge in [-0.05, 0) is 30.7 Å². The molecule has 3 nitrogen and oxygen atoms in total. The van der Waals surface area contributed by atoms with Crippen molar-refractivity contribution in [3.63, 3.8) is 0 Å². The van der Waals surface area contributed by atoms with E-state index in [1.807, 2.05) is 0 Å². The largest absolute Gasteiger partial charge is 0.466 e. The monoisotopic (exact) mass is 429 g/mol. The third kappa shape index (κ3) is 7.91. The number of carbonyl (C=O) groups excluding carboxylic acids is 1. The summed E-state index contributed by atoms with van der Waals surface area (Å²) in [5.74, 6) is 0.315. The first-order valence-corrected chi connectivity index (χ1v) is 9.04. The van der Waals surface area contributed by atoms with Gasteiger partial charge in [0.15, 0.2) is 0 Å². The van der Waals surface area contributed by atoms with Gasteiger partial charge in [-0.1, -0.05) is 76.9 Å². The maximum Gasteiger partial charge on any atom is 0.246 e. The average Bonchev–Trinajstić information content (AvgIpc) is 2.44. The number of hydrogen-bond donors (Lipinski definition) is 1. The summed E-state index contributed by atoms with van der Waals surface area (Å²) in [5.41, 5.74) is 0. The van der Waals surface area contributed by atoms with Crippen LogP contribution in [0.2, 0.25) is 0 Å². The van der Waals surface area contributed by atoms with Gasteiger partial charge in [0.05, 0.1) is 0 Å². The Hall–Kier alpha value is -0.160. The van der Waals surface area contributed by atoms with Gasteiger partial charge in [0.1, 0.15) is 5.75 Å². The summed E-state index contributed by atoms with van der Waals surface area (Å²) in [6.07, 6.45) is 3.39. The van der Waals surface area contributed by atoms with E-state index in [1.54, 1.807) is 24.3 Å². The Morgan fingerprint density at radius 3 is 2.41 bits per heavy atom. The normalized spacial score (nSPS) is 12.8. The Morgan fingerprint density at radius 1 is 1.23 bits per heavy atom. The second-order valence-corrected chi connectivity index (χ2v) is 8.16. The first-order valence-electron chi connectivity index (χ1n) is 7.11. The highest BCUT2D eigenvalue weighted by atomic mass is 79.9. The first kappa shape index (κ1) is 19.9. The molecule has 0 heterocycles. The van der Waals surface area contributed by atoms with Gasteiger partial charge in [0, 0.05) is 10.9 Å². The number of nitrogens with one attached hydrogen (secondary N) is 1. The topological polar surface area (TPSA) is 38.3 Å². The first-order chi connectivity index (χ1) is 10.3. The zero-order valence-electron chi connectivity index (χ0n) is 12.3. The second kappa shape index (κ2) is 9.86. The lowest BCUT2D eigenvalue weighted by atomic mass is 10.1. The van der Waals surface area contributed by atoms with Crippen molar-refractivity contribution >= 4 is 56.6 Å². The minimum Gasteiger partial charge on any atom is -0.466 e. The van der Waals surface area contributed by atoms with Crippen molar-refractivity contribution in [2.45, 2.75) is 49.0 Å². The number of amides is 1. The second-order valence-electron chi connectivity index (χ2n) is 4.87. The zero-order valence-corrected chi connectivity index (χ0v) is 16.1. The van der Waals surface area contributed by atoms with E-state index in [9.17, 15) is 4.79 Å². The van der Waals surface area contributed by atoms with Crippen molar-refractivity contribution in [3.05, 3.63) is 28.7 Å². The van der Waals surface area contributed by atoms with E-state index in [2.05, 4.69) is 28.2 Å². The molecule has 0 saturated carbocycles. The van der Waals surface area contributed by atoms with Crippen molar-refractivity contribution in [2.75, 3.05) is 0 Å². The molecule has 0 aliphatic carbocycles. The summed E-state index contributed by atoms with van der Waals surface area (Å²) in [7, 11) is 0. The van der Waals surface area contributed by atoms with E-state index >= 15 is 0 Å². The van der Waals surface area contributed by atoms with Crippen molar-refractivity contribution in [1.29, 1.82) is 0 Å². The fourth-order valence-electron chi connectivity index (χ4n) is 1.76. The lowest BCUT2D eigenvalue weighted by molar-refractivity contribution is -0.123. The van der Waals surface area contributed by atoms with Crippen LogP contribution in [-0.4, -0.2) is 15.9 Å². The molecule has 22 heavy (non-hydrogen) atoms. The maximum atomic E-state index is 11.9. The summed E-state index contributed by atoms with van der Waals surface area (Å²) in [5, 5.41) is 2.63. The Kier molecular flexibility index (Phi) is 8.91. The van der Waals surface area contributed by atoms with Gasteiger partial charge in [-0.2, -0.15) is 0 Å². The van der Waals surface area contributed by atoms with Gasteiger partial charge in [0.25, 0.3) is 0 Å². The van der Waals surface area contributed by atoms with E-state index in [4.69, 9.17) is 39.5 Å². The number of unbranched alkanes of at least 4 members (excludes halogenated alkanes) is 3. The van der Waals surface area contributed by atoms with Crippen LogP contribution in [0.15, 0.2) is 28.7 Å². The van der Waals surface area contributed by atoms with E-state index in [1.165, 1.54) is 0 Å². The number of alkyl halides is 3. The smallest absolute Gasteiger partial charge is 0.246 e. The Balaban J connectivity index is 2.57. The van der Waals surface area contributed by atoms with Crippen LogP contribution in [-0.2, 0) is 4.79 Å². The molecule has 0 radical (unpaired) electrons. The van der Waals surface area contributed by atoms with Crippen LogP contribution < -0.4 is 10.1 Å². The predicted octanol–water partition coefficient (Wildman–Crippen LogP) is 5.61. The molecule has 1 N–H and O–H groups in total.